The first-order chi connectivity index (χ1) is 10.1. The molecule has 6 nitrogen and oxygen atoms in total. The number of ether oxygens (including phenoxy) is 3. The van der Waals surface area contributed by atoms with Crippen molar-refractivity contribution in [3.8, 4) is 11.5 Å². The molecule has 1 aliphatic heterocycles. The van der Waals surface area contributed by atoms with E-state index in [4.69, 9.17) is 19.3 Å². The van der Waals surface area contributed by atoms with Crippen molar-refractivity contribution in [3.05, 3.63) is 18.2 Å². The first-order valence-electron chi connectivity index (χ1n) is 6.60. The molecule has 1 heterocycles. The molecule has 1 atom stereocenters. The fourth-order valence-corrected chi connectivity index (χ4v) is 3.15. The van der Waals surface area contributed by atoms with Crippen LogP contribution in [0.2, 0.25) is 0 Å². The maximum Gasteiger partial charge on any atom is 0.329 e. The highest BCUT2D eigenvalue weighted by atomic mass is 32.2. The molecule has 1 unspecified atom stereocenters. The number of carboxylic acid groups (broad SMARTS) is 1. The summed E-state index contributed by atoms with van der Waals surface area (Å²) in [6.45, 7) is 1.34. The Labute approximate surface area is 128 Å². The number of hydrogen-bond acceptors (Lipinski definition) is 6. The van der Waals surface area contributed by atoms with Crippen molar-refractivity contribution in [2.24, 2.45) is 0 Å². The van der Waals surface area contributed by atoms with Crippen molar-refractivity contribution in [1.82, 2.24) is 4.31 Å². The number of carboxylic acids is 1. The lowest BCUT2D eigenvalue weighted by atomic mass is 10.3. The smallest absolute Gasteiger partial charge is 0.329 e. The van der Waals surface area contributed by atoms with Gasteiger partial charge in [-0.2, -0.15) is 0 Å². The molecule has 1 saturated heterocycles. The molecule has 21 heavy (non-hydrogen) atoms. The van der Waals surface area contributed by atoms with E-state index in [1.807, 2.05) is 18.2 Å². The summed E-state index contributed by atoms with van der Waals surface area (Å²) in [6.07, 6.45) is 0.821. The van der Waals surface area contributed by atoms with Gasteiger partial charge in [-0.25, -0.2) is 9.10 Å². The van der Waals surface area contributed by atoms with Gasteiger partial charge in [-0.05, 0) is 36.6 Å². The van der Waals surface area contributed by atoms with Gasteiger partial charge in [0.2, 0.25) is 0 Å². The van der Waals surface area contributed by atoms with Crippen LogP contribution in [0.3, 0.4) is 0 Å². The van der Waals surface area contributed by atoms with E-state index in [0.29, 0.717) is 18.0 Å². The van der Waals surface area contributed by atoms with Crippen LogP contribution in [-0.2, 0) is 9.53 Å². The molecule has 7 heteroatoms. The molecule has 116 valence electrons. The maximum absolute atomic E-state index is 10.5. The Kier molecular flexibility index (Phi) is 5.72. The van der Waals surface area contributed by atoms with Crippen LogP contribution in [-0.4, -0.2) is 55.4 Å². The molecule has 0 radical (unpaired) electrons. The molecule has 1 fully saturated rings. The maximum atomic E-state index is 10.5. The van der Waals surface area contributed by atoms with E-state index in [9.17, 15) is 4.79 Å². The van der Waals surface area contributed by atoms with Crippen LogP contribution < -0.4 is 9.47 Å². The van der Waals surface area contributed by atoms with Crippen LogP contribution >= 0.6 is 11.9 Å². The highest BCUT2D eigenvalue weighted by Gasteiger charge is 2.24. The molecular formula is C14H19NO5S. The zero-order valence-electron chi connectivity index (χ0n) is 12.1. The second-order valence-electron chi connectivity index (χ2n) is 4.61. The summed E-state index contributed by atoms with van der Waals surface area (Å²) < 4.78 is 18.0. The lowest BCUT2D eigenvalue weighted by molar-refractivity contribution is -0.144. The van der Waals surface area contributed by atoms with E-state index in [1.165, 1.54) is 0 Å². The van der Waals surface area contributed by atoms with Crippen molar-refractivity contribution in [2.45, 2.75) is 17.4 Å². The molecule has 1 N–H and O–H groups in total. The Bertz CT molecular complexity index is 496. The lowest BCUT2D eigenvalue weighted by Gasteiger charge is -2.16. The summed E-state index contributed by atoms with van der Waals surface area (Å²) in [6, 6.07) is 5.77. The van der Waals surface area contributed by atoms with Gasteiger partial charge >= 0.3 is 5.97 Å². The molecule has 0 amide bonds. The molecule has 2 rings (SSSR count). The van der Waals surface area contributed by atoms with Gasteiger partial charge in [0.15, 0.2) is 11.5 Å². The number of rotatable bonds is 7. The van der Waals surface area contributed by atoms with E-state index < -0.39 is 5.97 Å². The summed E-state index contributed by atoms with van der Waals surface area (Å²) in [4.78, 5) is 11.5. The number of aliphatic carboxylic acids is 1. The van der Waals surface area contributed by atoms with Crippen LogP contribution in [0.5, 0.6) is 11.5 Å². The van der Waals surface area contributed by atoms with E-state index in [2.05, 4.69) is 4.31 Å². The Balaban J connectivity index is 1.89. The fourth-order valence-electron chi connectivity index (χ4n) is 2.13. The zero-order chi connectivity index (χ0) is 15.2. The molecule has 0 aromatic heterocycles. The second kappa shape index (κ2) is 7.53. The summed E-state index contributed by atoms with van der Waals surface area (Å²) in [5, 5.41) is 8.61. The van der Waals surface area contributed by atoms with E-state index in [0.717, 1.165) is 17.9 Å². The van der Waals surface area contributed by atoms with Crippen molar-refractivity contribution in [1.29, 1.82) is 0 Å². The van der Waals surface area contributed by atoms with Gasteiger partial charge < -0.3 is 19.3 Å². The molecule has 1 aliphatic rings. The monoisotopic (exact) mass is 313 g/mol. The van der Waals surface area contributed by atoms with E-state index in [-0.39, 0.29) is 12.7 Å². The first-order valence-corrected chi connectivity index (χ1v) is 7.38. The van der Waals surface area contributed by atoms with E-state index in [1.54, 1.807) is 26.2 Å². The largest absolute Gasteiger partial charge is 0.493 e. The van der Waals surface area contributed by atoms with Gasteiger partial charge in [0.1, 0.15) is 6.61 Å². The minimum atomic E-state index is -0.930. The predicted octanol–water partition coefficient (Wildman–Crippen LogP) is 1.89. The first kappa shape index (κ1) is 15.9. The summed E-state index contributed by atoms with van der Waals surface area (Å²) in [5.41, 5.74) is 0. The van der Waals surface area contributed by atoms with Crippen LogP contribution in [0.15, 0.2) is 23.1 Å². The minimum absolute atomic E-state index is 0.0197. The third kappa shape index (κ3) is 4.52. The fraction of sp³-hybridized carbons (Fsp3) is 0.500. The number of hydrogen-bond donors (Lipinski definition) is 1. The SMILES string of the molecule is COc1ccc(SN2CCC(OCC(=O)O)C2)cc1OC. The minimum Gasteiger partial charge on any atom is -0.493 e. The number of nitrogens with zero attached hydrogens (tertiary/aromatic N) is 1. The van der Waals surface area contributed by atoms with Gasteiger partial charge in [0.25, 0.3) is 0 Å². The van der Waals surface area contributed by atoms with Crippen molar-refractivity contribution in [2.75, 3.05) is 33.9 Å². The molecular weight excluding hydrogens is 294 g/mol. The zero-order valence-corrected chi connectivity index (χ0v) is 12.9. The quantitative estimate of drug-likeness (QED) is 0.771. The second-order valence-corrected chi connectivity index (χ2v) is 5.78. The molecule has 0 aliphatic carbocycles. The Morgan fingerprint density at radius 2 is 2.14 bits per heavy atom. The molecule has 0 spiro atoms. The average molecular weight is 313 g/mol. The van der Waals surface area contributed by atoms with Gasteiger partial charge in [-0.3, -0.25) is 0 Å². The van der Waals surface area contributed by atoms with Gasteiger partial charge in [-0.15, -0.1) is 0 Å². The number of carbonyl (C=O) groups is 1. The van der Waals surface area contributed by atoms with E-state index >= 15 is 0 Å². The average Bonchev–Trinajstić information content (AvgIpc) is 2.92. The molecule has 0 bridgehead atoms. The highest BCUT2D eigenvalue weighted by molar-refractivity contribution is 7.97. The van der Waals surface area contributed by atoms with Gasteiger partial charge in [0, 0.05) is 18.0 Å². The Morgan fingerprint density at radius 3 is 2.81 bits per heavy atom. The summed E-state index contributed by atoms with van der Waals surface area (Å²) in [7, 11) is 3.22. The lowest BCUT2D eigenvalue weighted by Crippen LogP contribution is -2.20. The molecule has 0 saturated carbocycles. The van der Waals surface area contributed by atoms with Crippen LogP contribution in [0.25, 0.3) is 0 Å². The predicted molar refractivity (Wildman–Crippen MR) is 79.0 cm³/mol. The molecule has 1 aromatic rings. The number of benzene rings is 1. The van der Waals surface area contributed by atoms with Crippen molar-refractivity contribution in [3.63, 3.8) is 0 Å². The normalized spacial score (nSPS) is 18.7. The van der Waals surface area contributed by atoms with Gasteiger partial charge in [-0.1, -0.05) is 0 Å². The third-order valence-corrected chi connectivity index (χ3v) is 4.19. The van der Waals surface area contributed by atoms with Crippen molar-refractivity contribution >= 4 is 17.9 Å². The topological polar surface area (TPSA) is 68.2 Å². The number of methoxy groups -OCH3 is 2. The van der Waals surface area contributed by atoms with Crippen LogP contribution in [0.4, 0.5) is 0 Å². The van der Waals surface area contributed by atoms with Crippen LogP contribution in [0.1, 0.15) is 6.42 Å². The highest BCUT2D eigenvalue weighted by Crippen LogP contribution is 2.34. The summed E-state index contributed by atoms with van der Waals surface area (Å²) >= 11 is 1.61. The Hall–Kier alpha value is -1.44. The van der Waals surface area contributed by atoms with Crippen molar-refractivity contribution < 1.29 is 24.1 Å². The Morgan fingerprint density at radius 1 is 1.38 bits per heavy atom. The third-order valence-electron chi connectivity index (χ3n) is 3.14. The summed E-state index contributed by atoms with van der Waals surface area (Å²) in [5.74, 6) is 0.465. The van der Waals surface area contributed by atoms with Crippen LogP contribution in [0, 0.1) is 0 Å². The molecule has 1 aromatic carbocycles. The van der Waals surface area contributed by atoms with Gasteiger partial charge in [0.05, 0.1) is 20.3 Å². The standard InChI is InChI=1S/C14H19NO5S/c1-18-12-4-3-11(7-13(12)19-2)21-15-6-5-10(8-15)20-9-14(16)17/h3-4,7,10H,5-6,8-9H2,1-2H3,(H,16,17).